The lowest BCUT2D eigenvalue weighted by Crippen LogP contribution is -2.11. The number of benzene rings is 1. The van der Waals surface area contributed by atoms with E-state index in [0.717, 1.165) is 13.2 Å². The van der Waals surface area contributed by atoms with Crippen molar-refractivity contribution in [2.24, 2.45) is 0 Å². The molecule has 0 fully saturated rings. The normalized spacial score (nSPS) is 12.2. The van der Waals surface area contributed by atoms with Crippen LogP contribution in [-0.2, 0) is 17.1 Å². The number of hydrogen-bond donors (Lipinski definition) is 0. The minimum absolute atomic E-state index is 0.0203. The molecule has 0 atom stereocenters. The number of esters is 1. The molecule has 0 bridgehead atoms. The third-order valence-corrected chi connectivity index (χ3v) is 3.15. The Labute approximate surface area is 141 Å². The van der Waals surface area contributed by atoms with Crippen LogP contribution in [0.4, 0.5) is 26.3 Å². The average molecular weight is 385 g/mol. The molecule has 2 rings (SSSR count). The van der Waals surface area contributed by atoms with Crippen molar-refractivity contribution in [2.75, 3.05) is 7.11 Å². The number of alkyl halides is 6. The highest BCUT2D eigenvalue weighted by Gasteiger charge is 2.37. The second-order valence-corrected chi connectivity index (χ2v) is 5.03. The van der Waals surface area contributed by atoms with Crippen LogP contribution >= 0.6 is 11.6 Å². The summed E-state index contributed by atoms with van der Waals surface area (Å²) in [5, 5.41) is -0.538. The number of rotatable bonds is 2. The molecule has 0 saturated carbocycles. The van der Waals surface area contributed by atoms with E-state index in [1.54, 1.807) is 0 Å². The zero-order valence-electron chi connectivity index (χ0n) is 12.2. The predicted octanol–water partition coefficient (Wildman–Crippen LogP) is 4.62. The van der Waals surface area contributed by atoms with Gasteiger partial charge in [0.2, 0.25) is 5.28 Å². The summed E-state index contributed by atoms with van der Waals surface area (Å²) in [7, 11) is 1.02. The van der Waals surface area contributed by atoms with E-state index in [4.69, 9.17) is 11.6 Å². The van der Waals surface area contributed by atoms with Crippen LogP contribution in [0.2, 0.25) is 5.28 Å². The molecule has 0 spiro atoms. The van der Waals surface area contributed by atoms with Gasteiger partial charge in [-0.05, 0) is 35.9 Å². The third-order valence-electron chi connectivity index (χ3n) is 2.98. The SMILES string of the molecule is COC(=O)c1cc(-c2cc(C(F)(F)F)cc(C(F)(F)F)c2)nc(Cl)n1. The van der Waals surface area contributed by atoms with Crippen LogP contribution in [0.3, 0.4) is 0 Å². The highest BCUT2D eigenvalue weighted by molar-refractivity contribution is 6.28. The lowest BCUT2D eigenvalue weighted by atomic mass is 10.0. The summed E-state index contributed by atoms with van der Waals surface area (Å²) in [6, 6.07) is 1.80. The summed E-state index contributed by atoms with van der Waals surface area (Å²) in [6.45, 7) is 0. The quantitative estimate of drug-likeness (QED) is 0.431. The van der Waals surface area contributed by atoms with Crippen LogP contribution in [0, 0.1) is 0 Å². The van der Waals surface area contributed by atoms with Crippen molar-refractivity contribution in [3.63, 3.8) is 0 Å². The molecule has 0 amide bonds. The summed E-state index contributed by atoms with van der Waals surface area (Å²) in [6.07, 6.45) is -10.0. The maximum Gasteiger partial charge on any atom is 0.416 e. The van der Waals surface area contributed by atoms with Crippen molar-refractivity contribution >= 4 is 17.6 Å². The van der Waals surface area contributed by atoms with Gasteiger partial charge in [-0.25, -0.2) is 14.8 Å². The Morgan fingerprint density at radius 3 is 1.92 bits per heavy atom. The van der Waals surface area contributed by atoms with Gasteiger partial charge in [-0.15, -0.1) is 0 Å². The maximum atomic E-state index is 12.9. The topological polar surface area (TPSA) is 52.1 Å². The molecule has 0 aliphatic heterocycles. The van der Waals surface area contributed by atoms with Gasteiger partial charge in [0.05, 0.1) is 23.9 Å². The zero-order chi connectivity index (χ0) is 19.0. The van der Waals surface area contributed by atoms with Crippen molar-refractivity contribution in [3.05, 3.63) is 46.4 Å². The van der Waals surface area contributed by atoms with Crippen molar-refractivity contribution in [3.8, 4) is 11.3 Å². The van der Waals surface area contributed by atoms with Crippen LogP contribution < -0.4 is 0 Å². The largest absolute Gasteiger partial charge is 0.464 e. The monoisotopic (exact) mass is 384 g/mol. The number of hydrogen-bond acceptors (Lipinski definition) is 4. The molecule has 0 radical (unpaired) electrons. The van der Waals surface area contributed by atoms with Crippen LogP contribution in [0.15, 0.2) is 24.3 Å². The number of nitrogens with zero attached hydrogens (tertiary/aromatic N) is 2. The fraction of sp³-hybridized carbons (Fsp3) is 0.214. The van der Waals surface area contributed by atoms with Gasteiger partial charge < -0.3 is 4.74 Å². The molecule has 25 heavy (non-hydrogen) atoms. The highest BCUT2D eigenvalue weighted by atomic mass is 35.5. The molecule has 2 aromatic rings. The van der Waals surface area contributed by atoms with E-state index in [9.17, 15) is 31.1 Å². The Bertz CT molecular complexity index is 788. The minimum atomic E-state index is -5.02. The number of methoxy groups -OCH3 is 1. The third kappa shape index (κ3) is 4.38. The van der Waals surface area contributed by atoms with Gasteiger partial charge >= 0.3 is 18.3 Å². The summed E-state index contributed by atoms with van der Waals surface area (Å²) in [5.74, 6) is -0.978. The Kier molecular flexibility index (Phi) is 4.94. The maximum absolute atomic E-state index is 12.9. The van der Waals surface area contributed by atoms with E-state index in [0.29, 0.717) is 12.1 Å². The fourth-order valence-corrected chi connectivity index (χ4v) is 2.06. The van der Waals surface area contributed by atoms with Gasteiger partial charge in [0.1, 0.15) is 0 Å². The number of halogens is 7. The molecule has 11 heteroatoms. The molecular formula is C14H7ClF6N2O2. The Morgan fingerprint density at radius 2 is 1.48 bits per heavy atom. The predicted molar refractivity (Wildman–Crippen MR) is 73.8 cm³/mol. The van der Waals surface area contributed by atoms with Crippen LogP contribution in [0.1, 0.15) is 21.6 Å². The second kappa shape index (κ2) is 6.51. The number of aromatic nitrogens is 2. The molecule has 134 valence electrons. The lowest BCUT2D eigenvalue weighted by Gasteiger charge is -2.14. The van der Waals surface area contributed by atoms with Gasteiger partial charge in [0.15, 0.2) is 5.69 Å². The van der Waals surface area contributed by atoms with Gasteiger partial charge in [-0.1, -0.05) is 0 Å². The molecule has 0 unspecified atom stereocenters. The number of carbonyl (C=O) groups excluding carboxylic acids is 1. The highest BCUT2D eigenvalue weighted by Crippen LogP contribution is 2.38. The first-order valence-corrected chi connectivity index (χ1v) is 6.72. The summed E-state index contributed by atoms with van der Waals surface area (Å²) in [4.78, 5) is 18.6. The van der Waals surface area contributed by atoms with Crippen LogP contribution in [0.25, 0.3) is 11.3 Å². The molecule has 4 nitrogen and oxygen atoms in total. The Hall–Kier alpha value is -2.36. The fourth-order valence-electron chi connectivity index (χ4n) is 1.88. The number of ether oxygens (including phenoxy) is 1. The average Bonchev–Trinajstić information content (AvgIpc) is 2.51. The van der Waals surface area contributed by atoms with E-state index >= 15 is 0 Å². The summed E-state index contributed by atoms with van der Waals surface area (Å²) in [5.41, 5.74) is -4.38. The van der Waals surface area contributed by atoms with Gasteiger partial charge in [0.25, 0.3) is 0 Å². The van der Waals surface area contributed by atoms with Gasteiger partial charge in [0, 0.05) is 5.56 Å². The Balaban J connectivity index is 2.70. The first-order chi connectivity index (χ1) is 11.4. The first-order valence-electron chi connectivity index (χ1n) is 6.34. The lowest BCUT2D eigenvalue weighted by molar-refractivity contribution is -0.143. The molecule has 1 heterocycles. The molecule has 0 saturated heterocycles. The van der Waals surface area contributed by atoms with Crippen LogP contribution in [0.5, 0.6) is 0 Å². The van der Waals surface area contributed by atoms with Crippen LogP contribution in [-0.4, -0.2) is 23.0 Å². The Morgan fingerprint density at radius 1 is 0.960 bits per heavy atom. The minimum Gasteiger partial charge on any atom is -0.464 e. The summed E-state index contributed by atoms with van der Waals surface area (Å²) >= 11 is 5.59. The van der Waals surface area contributed by atoms with E-state index < -0.39 is 51.7 Å². The smallest absolute Gasteiger partial charge is 0.416 e. The molecule has 0 N–H and O–H groups in total. The zero-order valence-corrected chi connectivity index (χ0v) is 12.9. The number of carbonyl (C=O) groups is 1. The summed E-state index contributed by atoms with van der Waals surface area (Å²) < 4.78 is 81.7. The molecule has 1 aromatic carbocycles. The molecule has 0 aliphatic carbocycles. The van der Waals surface area contributed by atoms with Crippen molar-refractivity contribution < 1.29 is 35.9 Å². The molecular weight excluding hydrogens is 378 g/mol. The first kappa shape index (κ1) is 19.0. The second-order valence-electron chi connectivity index (χ2n) is 4.69. The molecule has 0 aliphatic rings. The van der Waals surface area contributed by atoms with Crippen molar-refractivity contribution in [1.29, 1.82) is 0 Å². The van der Waals surface area contributed by atoms with Gasteiger partial charge in [-0.3, -0.25) is 0 Å². The standard InChI is InChI=1S/C14H7ClF6N2O2/c1-25-11(24)10-5-9(22-12(15)23-10)6-2-7(13(16,17)18)4-8(3-6)14(19,20)21/h2-5H,1H3. The van der Waals surface area contributed by atoms with E-state index in [1.807, 2.05) is 0 Å². The van der Waals surface area contributed by atoms with E-state index in [1.165, 1.54) is 0 Å². The van der Waals surface area contributed by atoms with Crippen molar-refractivity contribution in [1.82, 2.24) is 9.97 Å². The van der Waals surface area contributed by atoms with E-state index in [2.05, 4.69) is 14.7 Å². The van der Waals surface area contributed by atoms with E-state index in [-0.39, 0.29) is 6.07 Å². The van der Waals surface area contributed by atoms with Gasteiger partial charge in [-0.2, -0.15) is 26.3 Å². The molecule has 1 aromatic heterocycles. The van der Waals surface area contributed by atoms with Crippen molar-refractivity contribution in [2.45, 2.75) is 12.4 Å².